The number of amides is 2. The van der Waals surface area contributed by atoms with Gasteiger partial charge in [0.25, 0.3) is 5.91 Å². The summed E-state index contributed by atoms with van der Waals surface area (Å²) in [5, 5.41) is 12.5. The molecule has 2 heterocycles. The first-order valence-corrected chi connectivity index (χ1v) is 6.80. The summed E-state index contributed by atoms with van der Waals surface area (Å²) >= 11 is 0. The molecule has 1 saturated heterocycles. The van der Waals surface area contributed by atoms with Crippen LogP contribution in [-0.4, -0.2) is 47.1 Å². The summed E-state index contributed by atoms with van der Waals surface area (Å²) < 4.78 is 4.96. The van der Waals surface area contributed by atoms with E-state index in [-0.39, 0.29) is 17.6 Å². The first kappa shape index (κ1) is 14.6. The minimum Gasteiger partial charge on any atom is -0.459 e. The van der Waals surface area contributed by atoms with Crippen molar-refractivity contribution in [3.63, 3.8) is 0 Å². The van der Waals surface area contributed by atoms with Gasteiger partial charge in [-0.25, -0.2) is 0 Å². The zero-order valence-corrected chi connectivity index (χ0v) is 11.6. The Morgan fingerprint density at radius 3 is 2.95 bits per heavy atom. The molecule has 1 fully saturated rings. The van der Waals surface area contributed by atoms with Crippen LogP contribution in [0.5, 0.6) is 0 Å². The summed E-state index contributed by atoms with van der Waals surface area (Å²) in [6.45, 7) is 3.16. The lowest BCUT2D eigenvalue weighted by Gasteiger charge is -2.19. The van der Waals surface area contributed by atoms with E-state index in [1.54, 1.807) is 24.0 Å². The molecule has 110 valence electrons. The maximum absolute atomic E-state index is 11.9. The molecule has 6 nitrogen and oxygen atoms in total. The Labute approximate surface area is 117 Å². The fraction of sp³-hybridized carbons (Fsp3) is 0.571. The van der Waals surface area contributed by atoms with Gasteiger partial charge >= 0.3 is 0 Å². The zero-order chi connectivity index (χ0) is 14.6. The third kappa shape index (κ3) is 3.84. The minimum atomic E-state index is -0.761. The highest BCUT2D eigenvalue weighted by molar-refractivity contribution is 5.91. The number of β-amino-alcohol motifs (C(OH)–C–C–N with tert-alkyl or cyclic N) is 1. The van der Waals surface area contributed by atoms with E-state index in [4.69, 9.17) is 4.42 Å². The number of carbonyl (C=O) groups is 2. The van der Waals surface area contributed by atoms with Crippen molar-refractivity contribution in [2.24, 2.45) is 0 Å². The largest absolute Gasteiger partial charge is 0.459 e. The van der Waals surface area contributed by atoms with Crippen LogP contribution in [0.25, 0.3) is 0 Å². The maximum Gasteiger partial charge on any atom is 0.286 e. The van der Waals surface area contributed by atoms with Crippen molar-refractivity contribution >= 4 is 11.8 Å². The highest BCUT2D eigenvalue weighted by Gasteiger charge is 2.33. The number of likely N-dealkylation sites (tertiary alicyclic amines) is 1. The van der Waals surface area contributed by atoms with Gasteiger partial charge in [0.05, 0.1) is 11.9 Å². The number of hydrogen-bond acceptors (Lipinski definition) is 4. The van der Waals surface area contributed by atoms with Crippen molar-refractivity contribution in [3.05, 3.63) is 24.2 Å². The van der Waals surface area contributed by atoms with Crippen molar-refractivity contribution in [1.82, 2.24) is 10.2 Å². The van der Waals surface area contributed by atoms with Crippen LogP contribution in [0.4, 0.5) is 0 Å². The summed E-state index contributed by atoms with van der Waals surface area (Å²) in [5.74, 6) is 0.0218. The second-order valence-corrected chi connectivity index (χ2v) is 5.40. The van der Waals surface area contributed by atoms with Gasteiger partial charge in [0.1, 0.15) is 0 Å². The fourth-order valence-corrected chi connectivity index (χ4v) is 2.25. The molecule has 20 heavy (non-hydrogen) atoms. The molecule has 2 rings (SSSR count). The average molecular weight is 280 g/mol. The Balaban J connectivity index is 1.64. The highest BCUT2D eigenvalue weighted by Crippen LogP contribution is 2.20. The van der Waals surface area contributed by atoms with Crippen molar-refractivity contribution in [2.75, 3.05) is 19.6 Å². The van der Waals surface area contributed by atoms with E-state index in [9.17, 15) is 14.7 Å². The Morgan fingerprint density at radius 1 is 1.55 bits per heavy atom. The van der Waals surface area contributed by atoms with Gasteiger partial charge < -0.3 is 19.7 Å². The molecule has 1 aliphatic rings. The average Bonchev–Trinajstić information content (AvgIpc) is 3.03. The number of carbonyl (C=O) groups excluding carboxylic acids is 2. The highest BCUT2D eigenvalue weighted by atomic mass is 16.3. The van der Waals surface area contributed by atoms with Crippen molar-refractivity contribution in [1.29, 1.82) is 0 Å². The van der Waals surface area contributed by atoms with Crippen molar-refractivity contribution in [3.8, 4) is 0 Å². The molecule has 1 atom stereocenters. The van der Waals surface area contributed by atoms with Gasteiger partial charge in [0.2, 0.25) is 5.91 Å². The summed E-state index contributed by atoms with van der Waals surface area (Å²) in [6.07, 6.45) is 3.00. The summed E-state index contributed by atoms with van der Waals surface area (Å²) in [6, 6.07) is 3.24. The topological polar surface area (TPSA) is 82.8 Å². The molecular formula is C14H20N2O4. The van der Waals surface area contributed by atoms with Gasteiger partial charge in [-0.1, -0.05) is 0 Å². The Hall–Kier alpha value is -1.82. The lowest BCUT2D eigenvalue weighted by Crippen LogP contribution is -2.34. The molecule has 0 bridgehead atoms. The van der Waals surface area contributed by atoms with Gasteiger partial charge in [-0.2, -0.15) is 0 Å². The van der Waals surface area contributed by atoms with Gasteiger partial charge in [0, 0.05) is 26.1 Å². The normalized spacial score (nSPS) is 22.0. The van der Waals surface area contributed by atoms with Crippen LogP contribution in [-0.2, 0) is 4.79 Å². The molecule has 0 spiro atoms. The molecule has 0 aromatic carbocycles. The first-order valence-electron chi connectivity index (χ1n) is 6.80. The predicted octanol–water partition coefficient (Wildman–Crippen LogP) is 0.773. The first-order chi connectivity index (χ1) is 9.48. The molecule has 1 aliphatic heterocycles. The lowest BCUT2D eigenvalue weighted by atomic mass is 10.1. The molecular weight excluding hydrogens is 260 g/mol. The SMILES string of the molecule is CC1(O)CCN(C(=O)CCCNC(=O)c2ccco2)C1. The standard InChI is InChI=1S/C14H20N2O4/c1-14(19)6-8-16(10-14)12(17)5-2-7-15-13(18)11-4-3-9-20-11/h3-4,9,19H,2,5-8,10H2,1H3,(H,15,18). The second kappa shape index (κ2) is 6.09. The minimum absolute atomic E-state index is 0.0232. The maximum atomic E-state index is 11.9. The summed E-state index contributed by atoms with van der Waals surface area (Å²) in [4.78, 5) is 25.1. The number of aliphatic hydroxyl groups is 1. The number of furan rings is 1. The van der Waals surface area contributed by atoms with Gasteiger partial charge in [-0.05, 0) is 31.9 Å². The molecule has 6 heteroatoms. The van der Waals surface area contributed by atoms with Crippen LogP contribution in [0, 0.1) is 0 Å². The van der Waals surface area contributed by atoms with Crippen LogP contribution in [0.3, 0.4) is 0 Å². The molecule has 2 amide bonds. The van der Waals surface area contributed by atoms with E-state index >= 15 is 0 Å². The van der Waals surface area contributed by atoms with Crippen LogP contribution in [0.15, 0.2) is 22.8 Å². The van der Waals surface area contributed by atoms with Crippen molar-refractivity contribution in [2.45, 2.75) is 31.8 Å². The smallest absolute Gasteiger partial charge is 0.286 e. The van der Waals surface area contributed by atoms with Crippen LogP contribution >= 0.6 is 0 Å². The zero-order valence-electron chi connectivity index (χ0n) is 11.6. The number of nitrogens with zero attached hydrogens (tertiary/aromatic N) is 1. The molecule has 1 aromatic rings. The summed E-state index contributed by atoms with van der Waals surface area (Å²) in [5.41, 5.74) is -0.761. The van der Waals surface area contributed by atoms with E-state index in [0.29, 0.717) is 38.9 Å². The Morgan fingerprint density at radius 2 is 2.35 bits per heavy atom. The van der Waals surface area contributed by atoms with Crippen LogP contribution in [0.1, 0.15) is 36.7 Å². The number of nitrogens with one attached hydrogen (secondary N) is 1. The monoisotopic (exact) mass is 280 g/mol. The van der Waals surface area contributed by atoms with E-state index in [1.807, 2.05) is 0 Å². The molecule has 2 N–H and O–H groups in total. The fourth-order valence-electron chi connectivity index (χ4n) is 2.25. The number of rotatable bonds is 5. The Bertz CT molecular complexity index is 468. The van der Waals surface area contributed by atoms with Crippen molar-refractivity contribution < 1.29 is 19.1 Å². The van der Waals surface area contributed by atoms with E-state index in [0.717, 1.165) is 0 Å². The third-order valence-electron chi connectivity index (χ3n) is 3.40. The van der Waals surface area contributed by atoms with E-state index in [1.165, 1.54) is 6.26 Å². The number of hydrogen-bond donors (Lipinski definition) is 2. The van der Waals surface area contributed by atoms with Gasteiger partial charge in [0.15, 0.2) is 5.76 Å². The third-order valence-corrected chi connectivity index (χ3v) is 3.40. The molecule has 0 saturated carbocycles. The molecule has 0 aliphatic carbocycles. The summed E-state index contributed by atoms with van der Waals surface area (Å²) in [7, 11) is 0. The van der Waals surface area contributed by atoms with E-state index in [2.05, 4.69) is 5.32 Å². The Kier molecular flexibility index (Phi) is 4.44. The predicted molar refractivity (Wildman–Crippen MR) is 72.1 cm³/mol. The van der Waals surface area contributed by atoms with Crippen LogP contribution in [0.2, 0.25) is 0 Å². The quantitative estimate of drug-likeness (QED) is 0.781. The molecule has 0 radical (unpaired) electrons. The lowest BCUT2D eigenvalue weighted by molar-refractivity contribution is -0.131. The van der Waals surface area contributed by atoms with Gasteiger partial charge in [-0.3, -0.25) is 9.59 Å². The molecule has 1 unspecified atom stereocenters. The van der Waals surface area contributed by atoms with Crippen LogP contribution < -0.4 is 5.32 Å². The molecule has 1 aromatic heterocycles. The van der Waals surface area contributed by atoms with E-state index < -0.39 is 5.60 Å². The second-order valence-electron chi connectivity index (χ2n) is 5.40. The van der Waals surface area contributed by atoms with Gasteiger partial charge in [-0.15, -0.1) is 0 Å².